The Hall–Kier alpha value is -3.98. The largest absolute Gasteiger partial charge is 0.465 e. The lowest BCUT2D eigenvalue weighted by Crippen LogP contribution is -2.15. The summed E-state index contributed by atoms with van der Waals surface area (Å²) in [6.45, 7) is 2.94. The van der Waals surface area contributed by atoms with Crippen molar-refractivity contribution in [3.63, 3.8) is 0 Å². The van der Waals surface area contributed by atoms with Crippen LogP contribution in [0.1, 0.15) is 52.8 Å². The van der Waals surface area contributed by atoms with Crippen molar-refractivity contribution in [2.45, 2.75) is 13.8 Å². The number of Topliss-reactive ketones (excluding diaryl/α,β-unsaturated/α-hetero) is 1. The molecule has 0 aliphatic rings. The number of ether oxygens (including phenoxy) is 3. The monoisotopic (exact) mass is 484 g/mol. The van der Waals surface area contributed by atoms with Crippen LogP contribution < -0.4 is 0 Å². The number of ketones is 1. The van der Waals surface area contributed by atoms with Crippen LogP contribution in [0.3, 0.4) is 0 Å². The Kier molecular flexibility index (Phi) is 7.47. The molecule has 3 rings (SSSR count). The number of carbonyl (C=O) groups is 4. The average molecular weight is 485 g/mol. The molecule has 0 unspecified atom stereocenters. The smallest absolute Gasteiger partial charge is 0.341 e. The predicted octanol–water partition coefficient (Wildman–Crippen LogP) is 3.76. The minimum absolute atomic E-state index is 0.0231. The Morgan fingerprint density at radius 1 is 0.912 bits per heavy atom. The minimum Gasteiger partial charge on any atom is -0.465 e. The van der Waals surface area contributed by atoms with Crippen LogP contribution in [0.5, 0.6) is 0 Å². The molecular formula is C24H21ClN2O7. The van der Waals surface area contributed by atoms with Crippen LogP contribution in [0.15, 0.2) is 42.6 Å². The number of halogens is 1. The van der Waals surface area contributed by atoms with Crippen LogP contribution in [0.2, 0.25) is 5.15 Å². The number of hydrogen-bond acceptors (Lipinski definition) is 8. The molecule has 0 atom stereocenters. The summed E-state index contributed by atoms with van der Waals surface area (Å²) in [5.74, 6) is -2.47. The van der Waals surface area contributed by atoms with Crippen molar-refractivity contribution in [2.24, 2.45) is 0 Å². The van der Waals surface area contributed by atoms with Crippen molar-refractivity contribution in [1.82, 2.24) is 9.55 Å². The highest BCUT2D eigenvalue weighted by atomic mass is 35.5. The van der Waals surface area contributed by atoms with Gasteiger partial charge in [0.25, 0.3) is 0 Å². The van der Waals surface area contributed by atoms with Gasteiger partial charge < -0.3 is 18.8 Å². The molecule has 1 aromatic carbocycles. The van der Waals surface area contributed by atoms with E-state index in [-0.39, 0.29) is 21.8 Å². The molecule has 0 saturated heterocycles. The van der Waals surface area contributed by atoms with Gasteiger partial charge in [-0.05, 0) is 50.2 Å². The second-order valence-corrected chi connectivity index (χ2v) is 7.57. The molecule has 0 radical (unpaired) electrons. The van der Waals surface area contributed by atoms with Gasteiger partial charge >= 0.3 is 17.9 Å². The third-order valence-electron chi connectivity index (χ3n) is 5.06. The lowest BCUT2D eigenvalue weighted by molar-refractivity contribution is 0.0474. The Morgan fingerprint density at radius 2 is 1.53 bits per heavy atom. The molecule has 2 aromatic heterocycles. The topological polar surface area (TPSA) is 114 Å². The van der Waals surface area contributed by atoms with Crippen molar-refractivity contribution >= 4 is 35.3 Å². The average Bonchev–Trinajstić information content (AvgIpc) is 3.14. The van der Waals surface area contributed by atoms with Crippen molar-refractivity contribution in [3.05, 3.63) is 81.4 Å². The molecule has 0 fully saturated rings. The van der Waals surface area contributed by atoms with Gasteiger partial charge in [-0.15, -0.1) is 0 Å². The summed E-state index contributed by atoms with van der Waals surface area (Å²) in [6, 6.07) is 9.05. The fraction of sp³-hybridized carbons (Fsp3) is 0.208. The van der Waals surface area contributed by atoms with Gasteiger partial charge in [-0.25, -0.2) is 19.4 Å². The van der Waals surface area contributed by atoms with E-state index >= 15 is 0 Å². The van der Waals surface area contributed by atoms with Gasteiger partial charge in [0.2, 0.25) is 5.78 Å². The van der Waals surface area contributed by atoms with E-state index in [9.17, 15) is 19.2 Å². The SMILES string of the molecule is COC(=O)c1cc(C(=O)OC)cc(-n2c(C)cc(C(=O)COC(=O)c3cccnc3Cl)c2C)c1. The van der Waals surface area contributed by atoms with E-state index in [2.05, 4.69) is 4.98 Å². The van der Waals surface area contributed by atoms with Gasteiger partial charge in [0.05, 0.1) is 30.9 Å². The molecule has 0 saturated carbocycles. The molecule has 0 amide bonds. The number of rotatable bonds is 7. The van der Waals surface area contributed by atoms with Crippen molar-refractivity contribution in [1.29, 1.82) is 0 Å². The molecule has 10 heteroatoms. The summed E-state index contributed by atoms with van der Waals surface area (Å²) in [5, 5.41) is -0.0231. The number of methoxy groups -OCH3 is 2. The Balaban J connectivity index is 1.92. The third-order valence-corrected chi connectivity index (χ3v) is 5.36. The van der Waals surface area contributed by atoms with E-state index in [4.69, 9.17) is 25.8 Å². The zero-order valence-corrected chi connectivity index (χ0v) is 19.6. The van der Waals surface area contributed by atoms with E-state index in [0.29, 0.717) is 22.6 Å². The number of aromatic nitrogens is 2. The number of esters is 3. The fourth-order valence-corrected chi connectivity index (χ4v) is 3.68. The van der Waals surface area contributed by atoms with Gasteiger partial charge in [0.1, 0.15) is 5.15 Å². The maximum Gasteiger partial charge on any atom is 0.341 e. The van der Waals surface area contributed by atoms with Crippen LogP contribution >= 0.6 is 11.6 Å². The van der Waals surface area contributed by atoms with Crippen LogP contribution in [0, 0.1) is 13.8 Å². The molecule has 2 heterocycles. The van der Waals surface area contributed by atoms with Crippen LogP contribution in [0.4, 0.5) is 0 Å². The van der Waals surface area contributed by atoms with E-state index in [0.717, 1.165) is 0 Å². The van der Waals surface area contributed by atoms with E-state index < -0.39 is 30.3 Å². The van der Waals surface area contributed by atoms with Gasteiger partial charge in [0, 0.05) is 28.8 Å². The predicted molar refractivity (Wildman–Crippen MR) is 122 cm³/mol. The Morgan fingerprint density at radius 3 is 2.09 bits per heavy atom. The quantitative estimate of drug-likeness (QED) is 0.215. The second-order valence-electron chi connectivity index (χ2n) is 7.21. The van der Waals surface area contributed by atoms with Gasteiger partial charge in [-0.3, -0.25) is 4.79 Å². The van der Waals surface area contributed by atoms with Crippen LogP contribution in [-0.2, 0) is 14.2 Å². The van der Waals surface area contributed by atoms with E-state index in [1.807, 2.05) is 0 Å². The number of nitrogens with zero attached hydrogens (tertiary/aromatic N) is 2. The molecule has 0 aliphatic carbocycles. The van der Waals surface area contributed by atoms with Crippen molar-refractivity contribution in [2.75, 3.05) is 20.8 Å². The molecule has 3 aromatic rings. The maximum atomic E-state index is 12.8. The summed E-state index contributed by atoms with van der Waals surface area (Å²) in [5.41, 5.74) is 2.28. The normalized spacial score (nSPS) is 10.5. The summed E-state index contributed by atoms with van der Waals surface area (Å²) in [4.78, 5) is 53.2. The highest BCUT2D eigenvalue weighted by molar-refractivity contribution is 6.32. The zero-order valence-electron chi connectivity index (χ0n) is 18.9. The number of hydrogen-bond donors (Lipinski definition) is 0. The standard InChI is InChI=1S/C24H21ClN2O7/c1-13-8-19(20(28)12-34-24(31)18-6-5-7-26-21(18)25)14(2)27(13)17-10-15(22(29)32-3)9-16(11-17)23(30)33-4/h5-11H,12H2,1-4H3. The first-order chi connectivity index (χ1) is 16.2. The number of aryl methyl sites for hydroxylation is 1. The Labute approximate surface area is 200 Å². The third kappa shape index (κ3) is 4.99. The Bertz CT molecular complexity index is 1260. The summed E-state index contributed by atoms with van der Waals surface area (Å²) >= 11 is 5.89. The van der Waals surface area contributed by atoms with Gasteiger partial charge in [-0.1, -0.05) is 11.6 Å². The molecule has 0 bridgehead atoms. The minimum atomic E-state index is -0.770. The molecular weight excluding hydrogens is 464 g/mol. The summed E-state index contributed by atoms with van der Waals surface area (Å²) in [6.07, 6.45) is 1.43. The molecule has 176 valence electrons. The van der Waals surface area contributed by atoms with Crippen molar-refractivity contribution in [3.8, 4) is 5.69 Å². The van der Waals surface area contributed by atoms with Crippen LogP contribution in [-0.4, -0.2) is 54.1 Å². The number of benzene rings is 1. The summed E-state index contributed by atoms with van der Waals surface area (Å²) < 4.78 is 16.4. The highest BCUT2D eigenvalue weighted by Gasteiger charge is 2.21. The first-order valence-electron chi connectivity index (χ1n) is 9.99. The molecule has 9 nitrogen and oxygen atoms in total. The number of pyridine rings is 1. The zero-order chi connectivity index (χ0) is 25.0. The van der Waals surface area contributed by atoms with Gasteiger partial charge in [-0.2, -0.15) is 0 Å². The second kappa shape index (κ2) is 10.3. The van der Waals surface area contributed by atoms with E-state index in [1.54, 1.807) is 24.5 Å². The lowest BCUT2D eigenvalue weighted by Gasteiger charge is -2.13. The van der Waals surface area contributed by atoms with Gasteiger partial charge in [0.15, 0.2) is 6.61 Å². The van der Waals surface area contributed by atoms with Crippen molar-refractivity contribution < 1.29 is 33.4 Å². The molecule has 0 aliphatic heterocycles. The molecule has 0 N–H and O–H groups in total. The summed E-state index contributed by atoms with van der Waals surface area (Å²) in [7, 11) is 2.46. The molecule has 0 spiro atoms. The highest BCUT2D eigenvalue weighted by Crippen LogP contribution is 2.24. The first kappa shape index (κ1) is 24.7. The molecule has 34 heavy (non-hydrogen) atoms. The fourth-order valence-electron chi connectivity index (χ4n) is 3.48. The lowest BCUT2D eigenvalue weighted by atomic mass is 10.1. The van der Waals surface area contributed by atoms with Crippen LogP contribution in [0.25, 0.3) is 5.69 Å². The first-order valence-corrected chi connectivity index (χ1v) is 10.4. The number of carbonyl (C=O) groups excluding carboxylic acids is 4. The van der Waals surface area contributed by atoms with E-state index in [1.165, 1.54) is 50.7 Å². The maximum absolute atomic E-state index is 12.8.